The zero-order chi connectivity index (χ0) is 30.7. The lowest BCUT2D eigenvalue weighted by atomic mass is 10.0. The summed E-state index contributed by atoms with van der Waals surface area (Å²) < 4.78 is 5.38. The summed E-state index contributed by atoms with van der Waals surface area (Å²) in [6.45, 7) is 7.62. The fourth-order valence-corrected chi connectivity index (χ4v) is 4.98. The quantitative estimate of drug-likeness (QED) is 0.128. The van der Waals surface area contributed by atoms with Crippen LogP contribution in [0.25, 0.3) is 10.8 Å². The highest BCUT2D eigenvalue weighted by molar-refractivity contribution is 7.80. The Morgan fingerprint density at radius 2 is 1.64 bits per heavy atom. The molecular formula is C33H43N3O5S. The molecule has 9 heteroatoms. The van der Waals surface area contributed by atoms with E-state index in [-0.39, 0.29) is 18.0 Å². The highest BCUT2D eigenvalue weighted by atomic mass is 32.1. The van der Waals surface area contributed by atoms with E-state index in [4.69, 9.17) is 4.74 Å². The van der Waals surface area contributed by atoms with E-state index < -0.39 is 35.6 Å². The molecule has 0 aliphatic carbocycles. The predicted molar refractivity (Wildman–Crippen MR) is 171 cm³/mol. The Morgan fingerprint density at radius 3 is 2.31 bits per heavy atom. The van der Waals surface area contributed by atoms with Gasteiger partial charge in [-0.25, -0.2) is 4.79 Å². The Hall–Kier alpha value is -3.72. The normalized spacial score (nSPS) is 12.8. The summed E-state index contributed by atoms with van der Waals surface area (Å²) in [6, 6.07) is 17.7. The van der Waals surface area contributed by atoms with E-state index in [1.165, 1.54) is 17.0 Å². The van der Waals surface area contributed by atoms with Gasteiger partial charge in [0.25, 0.3) is 5.91 Å². The molecule has 3 amide bonds. The minimum atomic E-state index is -1.08. The average molecular weight is 594 g/mol. The first-order chi connectivity index (χ1) is 20.0. The number of phenolic OH excluding ortho intramolecular Hbond substituents is 1. The minimum absolute atomic E-state index is 0.00344. The summed E-state index contributed by atoms with van der Waals surface area (Å²) in [4.78, 5) is 42.2. The first kappa shape index (κ1) is 32.8. The summed E-state index contributed by atoms with van der Waals surface area (Å²) >= 11 is 4.35. The number of ether oxygens (including phenoxy) is 1. The van der Waals surface area contributed by atoms with E-state index in [1.54, 1.807) is 32.9 Å². The van der Waals surface area contributed by atoms with Gasteiger partial charge in [-0.3, -0.25) is 9.59 Å². The Kier molecular flexibility index (Phi) is 12.1. The largest absolute Gasteiger partial charge is 0.508 e. The van der Waals surface area contributed by atoms with Gasteiger partial charge >= 0.3 is 6.09 Å². The standard InChI is InChI=1S/C33H43N3O5S/c1-5-6-7-8-11-19-36(31(39)28(22-42)35-32(40)41-33(2,3)4)29(25-15-12-16-27(37)21-25)30(38)34-26-18-17-23-13-9-10-14-24(23)20-26/h9-10,12-18,20-21,28-29,37,42H,5-8,11,19,22H2,1-4H3,(H,34,38)(H,35,40). The monoisotopic (exact) mass is 593 g/mol. The molecule has 42 heavy (non-hydrogen) atoms. The Morgan fingerprint density at radius 1 is 0.929 bits per heavy atom. The SMILES string of the molecule is CCCCCCCN(C(=O)C(CS)NC(=O)OC(C)(C)C)C(C(=O)Nc1ccc2ccccc2c1)c1cccc(O)c1. The van der Waals surface area contributed by atoms with Crippen LogP contribution in [0.2, 0.25) is 0 Å². The summed E-state index contributed by atoms with van der Waals surface area (Å²) in [5, 5.41) is 17.9. The number of thiol groups is 1. The van der Waals surface area contributed by atoms with Crippen LogP contribution in [0, 0.1) is 0 Å². The molecule has 0 aliphatic rings. The highest BCUT2D eigenvalue weighted by Crippen LogP contribution is 2.28. The van der Waals surface area contributed by atoms with Crippen LogP contribution < -0.4 is 10.6 Å². The molecule has 3 aromatic rings. The van der Waals surface area contributed by atoms with Gasteiger partial charge in [-0.15, -0.1) is 0 Å². The molecular weight excluding hydrogens is 550 g/mol. The predicted octanol–water partition coefficient (Wildman–Crippen LogP) is 6.85. The van der Waals surface area contributed by atoms with Gasteiger partial charge < -0.3 is 25.4 Å². The number of alkyl carbamates (subject to hydrolysis) is 1. The average Bonchev–Trinajstić information content (AvgIpc) is 2.93. The molecule has 2 unspecified atom stereocenters. The molecule has 8 nitrogen and oxygen atoms in total. The lowest BCUT2D eigenvalue weighted by Gasteiger charge is -2.34. The molecule has 3 aromatic carbocycles. The Bertz CT molecular complexity index is 1360. The van der Waals surface area contributed by atoms with Crippen molar-refractivity contribution in [3.05, 3.63) is 72.3 Å². The zero-order valence-corrected chi connectivity index (χ0v) is 25.8. The van der Waals surface area contributed by atoms with E-state index in [9.17, 15) is 19.5 Å². The topological polar surface area (TPSA) is 108 Å². The van der Waals surface area contributed by atoms with Gasteiger partial charge in [0.15, 0.2) is 0 Å². The van der Waals surface area contributed by atoms with Crippen LogP contribution >= 0.6 is 12.6 Å². The van der Waals surface area contributed by atoms with E-state index in [1.807, 2.05) is 42.5 Å². The first-order valence-corrected chi connectivity index (χ1v) is 15.1. The second-order valence-electron chi connectivity index (χ2n) is 11.4. The summed E-state index contributed by atoms with van der Waals surface area (Å²) in [6.07, 6.45) is 3.95. The molecule has 2 atom stereocenters. The summed E-state index contributed by atoms with van der Waals surface area (Å²) in [7, 11) is 0. The maximum atomic E-state index is 14.1. The number of nitrogens with zero attached hydrogens (tertiary/aromatic N) is 1. The van der Waals surface area contributed by atoms with Crippen LogP contribution in [-0.2, 0) is 14.3 Å². The van der Waals surface area contributed by atoms with Gasteiger partial charge in [-0.2, -0.15) is 12.6 Å². The van der Waals surface area contributed by atoms with E-state index in [0.717, 1.165) is 36.5 Å². The number of aromatic hydroxyl groups is 1. The summed E-state index contributed by atoms with van der Waals surface area (Å²) in [5.41, 5.74) is 0.277. The third-order valence-electron chi connectivity index (χ3n) is 6.72. The number of hydrogen-bond donors (Lipinski definition) is 4. The number of carbonyl (C=O) groups is 3. The fourth-order valence-electron chi connectivity index (χ4n) is 4.73. The molecule has 0 fully saturated rings. The van der Waals surface area contributed by atoms with Crippen molar-refractivity contribution < 1.29 is 24.2 Å². The van der Waals surface area contributed by atoms with E-state index in [0.29, 0.717) is 17.7 Å². The molecule has 0 bridgehead atoms. The zero-order valence-electron chi connectivity index (χ0n) is 24.9. The van der Waals surface area contributed by atoms with Gasteiger partial charge in [0.1, 0.15) is 23.4 Å². The minimum Gasteiger partial charge on any atom is -0.508 e. The Labute approximate surface area is 254 Å². The number of rotatable bonds is 13. The molecule has 0 radical (unpaired) electrons. The molecule has 0 saturated carbocycles. The second kappa shape index (κ2) is 15.5. The lowest BCUT2D eigenvalue weighted by molar-refractivity contribution is -0.140. The van der Waals surface area contributed by atoms with Crippen molar-refractivity contribution in [3.8, 4) is 5.75 Å². The van der Waals surface area contributed by atoms with Crippen LogP contribution in [0.3, 0.4) is 0 Å². The number of unbranched alkanes of at least 4 members (excludes halogenated alkanes) is 4. The number of phenols is 1. The van der Waals surface area contributed by atoms with Crippen LogP contribution in [0.15, 0.2) is 66.7 Å². The van der Waals surface area contributed by atoms with Crippen molar-refractivity contribution >= 4 is 47.0 Å². The van der Waals surface area contributed by atoms with Crippen molar-refractivity contribution in [2.24, 2.45) is 0 Å². The number of amides is 3. The van der Waals surface area contributed by atoms with Crippen LogP contribution in [-0.4, -0.2) is 51.9 Å². The molecule has 0 aromatic heterocycles. The van der Waals surface area contributed by atoms with E-state index in [2.05, 4.69) is 30.2 Å². The third-order valence-corrected chi connectivity index (χ3v) is 7.09. The molecule has 3 rings (SSSR count). The van der Waals surface area contributed by atoms with Gasteiger partial charge in [0.05, 0.1) is 0 Å². The van der Waals surface area contributed by atoms with Crippen molar-refractivity contribution in [3.63, 3.8) is 0 Å². The number of fused-ring (bicyclic) bond motifs is 1. The summed E-state index contributed by atoms with van der Waals surface area (Å²) in [5.74, 6) is -0.922. The smallest absolute Gasteiger partial charge is 0.408 e. The van der Waals surface area contributed by atoms with Crippen molar-refractivity contribution in [2.45, 2.75) is 77.5 Å². The third kappa shape index (κ3) is 9.69. The molecule has 0 saturated heterocycles. The molecule has 0 spiro atoms. The fraction of sp³-hybridized carbons (Fsp3) is 0.424. The molecule has 226 valence electrons. The number of nitrogens with one attached hydrogen (secondary N) is 2. The van der Waals surface area contributed by atoms with Gasteiger partial charge in [0, 0.05) is 18.0 Å². The van der Waals surface area contributed by atoms with Crippen molar-refractivity contribution in [1.29, 1.82) is 0 Å². The molecule has 0 heterocycles. The first-order valence-electron chi connectivity index (χ1n) is 14.5. The van der Waals surface area contributed by atoms with Crippen LogP contribution in [0.1, 0.15) is 71.4 Å². The maximum Gasteiger partial charge on any atom is 0.408 e. The van der Waals surface area contributed by atoms with Crippen molar-refractivity contribution in [1.82, 2.24) is 10.2 Å². The van der Waals surface area contributed by atoms with Crippen LogP contribution in [0.5, 0.6) is 5.75 Å². The van der Waals surface area contributed by atoms with Gasteiger partial charge in [-0.1, -0.05) is 75.1 Å². The number of hydrogen-bond acceptors (Lipinski definition) is 6. The van der Waals surface area contributed by atoms with Crippen molar-refractivity contribution in [2.75, 3.05) is 17.6 Å². The number of carbonyl (C=O) groups excluding carboxylic acids is 3. The van der Waals surface area contributed by atoms with Gasteiger partial charge in [0.2, 0.25) is 5.91 Å². The highest BCUT2D eigenvalue weighted by Gasteiger charge is 2.36. The van der Waals surface area contributed by atoms with E-state index >= 15 is 0 Å². The van der Waals surface area contributed by atoms with Crippen LogP contribution in [0.4, 0.5) is 10.5 Å². The van der Waals surface area contributed by atoms with Gasteiger partial charge in [-0.05, 0) is 67.8 Å². The Balaban J connectivity index is 1.98. The molecule has 3 N–H and O–H groups in total. The number of anilines is 1. The maximum absolute atomic E-state index is 14.1. The molecule has 0 aliphatic heterocycles. The number of benzene rings is 3. The second-order valence-corrected chi connectivity index (χ2v) is 11.7. The lowest BCUT2D eigenvalue weighted by Crippen LogP contribution is -2.53.